The highest BCUT2D eigenvalue weighted by Crippen LogP contribution is 2.32. The molecule has 0 aliphatic carbocycles. The maximum absolute atomic E-state index is 12.9. The molecule has 1 atom stereocenters. The van der Waals surface area contributed by atoms with Gasteiger partial charge in [-0.25, -0.2) is 9.97 Å². The predicted octanol–water partition coefficient (Wildman–Crippen LogP) is 3.24. The maximum atomic E-state index is 12.9. The molecule has 0 aromatic carbocycles. The largest absolute Gasteiger partial charge is 0.417 e. The van der Waals surface area contributed by atoms with E-state index in [0.717, 1.165) is 38.3 Å². The van der Waals surface area contributed by atoms with E-state index in [9.17, 15) is 13.2 Å². The van der Waals surface area contributed by atoms with Gasteiger partial charge in [-0.3, -0.25) is 4.57 Å². The van der Waals surface area contributed by atoms with Crippen LogP contribution in [-0.4, -0.2) is 40.8 Å². The number of halogens is 3. The fourth-order valence-corrected chi connectivity index (χ4v) is 3.23. The molecule has 3 heterocycles. The molecule has 24 heavy (non-hydrogen) atoms. The maximum Gasteiger partial charge on any atom is 0.417 e. The average Bonchev–Trinajstić information content (AvgIpc) is 2.90. The van der Waals surface area contributed by atoms with Crippen LogP contribution in [0.4, 0.5) is 19.1 Å². The number of aromatic nitrogens is 3. The molecule has 8 heteroatoms. The van der Waals surface area contributed by atoms with Crippen molar-refractivity contribution in [2.45, 2.75) is 32.0 Å². The van der Waals surface area contributed by atoms with Crippen molar-refractivity contribution in [3.63, 3.8) is 0 Å². The molecule has 2 aromatic rings. The number of ether oxygens (including phenoxy) is 1. The smallest absolute Gasteiger partial charge is 0.381 e. The molecular weight excluding hydrogens is 321 g/mol. The van der Waals surface area contributed by atoms with E-state index in [4.69, 9.17) is 4.74 Å². The summed E-state index contributed by atoms with van der Waals surface area (Å²) in [7, 11) is 3.70. The first-order chi connectivity index (χ1) is 11.3. The zero-order valence-corrected chi connectivity index (χ0v) is 14.0. The minimum absolute atomic E-state index is 0.214. The van der Waals surface area contributed by atoms with Gasteiger partial charge in [-0.2, -0.15) is 13.2 Å². The number of nitrogens with zero attached hydrogens (tertiary/aromatic N) is 4. The van der Waals surface area contributed by atoms with E-state index in [1.165, 1.54) is 0 Å². The summed E-state index contributed by atoms with van der Waals surface area (Å²) in [6.07, 6.45) is -1.60. The first kappa shape index (κ1) is 17.0. The fraction of sp³-hybridized carbons (Fsp3) is 0.625. The summed E-state index contributed by atoms with van der Waals surface area (Å²) in [5, 5.41) is 0. The summed E-state index contributed by atoms with van der Waals surface area (Å²) >= 11 is 0. The molecule has 0 saturated carbocycles. The van der Waals surface area contributed by atoms with Crippen LogP contribution in [0.15, 0.2) is 12.3 Å². The SMILES string of the molecule is CC(C1CCOCC1)N(C)c1nc2cc(C(F)(F)F)cnc2n1C. The van der Waals surface area contributed by atoms with Gasteiger partial charge in [0, 0.05) is 39.5 Å². The average molecular weight is 342 g/mol. The molecule has 0 bridgehead atoms. The van der Waals surface area contributed by atoms with E-state index in [1.807, 2.05) is 11.9 Å². The molecule has 1 aliphatic rings. The third-order valence-corrected chi connectivity index (χ3v) is 4.89. The minimum atomic E-state index is -4.42. The van der Waals surface area contributed by atoms with Gasteiger partial charge in [-0.15, -0.1) is 0 Å². The summed E-state index contributed by atoms with van der Waals surface area (Å²) in [4.78, 5) is 10.4. The van der Waals surface area contributed by atoms with E-state index in [0.29, 0.717) is 17.5 Å². The number of imidazole rings is 1. The van der Waals surface area contributed by atoms with Gasteiger partial charge in [0.2, 0.25) is 5.95 Å². The van der Waals surface area contributed by atoms with Crippen molar-refractivity contribution >= 4 is 17.1 Å². The molecular formula is C16H21F3N4O. The Kier molecular flexibility index (Phi) is 4.42. The molecule has 0 radical (unpaired) electrons. The predicted molar refractivity (Wildman–Crippen MR) is 84.9 cm³/mol. The molecule has 1 fully saturated rings. The number of hydrogen-bond donors (Lipinski definition) is 0. The third kappa shape index (κ3) is 3.07. The lowest BCUT2D eigenvalue weighted by molar-refractivity contribution is -0.137. The molecule has 1 aliphatic heterocycles. The number of aryl methyl sites for hydroxylation is 1. The molecule has 1 saturated heterocycles. The summed E-state index contributed by atoms with van der Waals surface area (Å²) in [5.74, 6) is 1.10. The topological polar surface area (TPSA) is 43.2 Å². The van der Waals surface area contributed by atoms with Gasteiger partial charge in [-0.05, 0) is 31.7 Å². The van der Waals surface area contributed by atoms with Crippen LogP contribution < -0.4 is 4.90 Å². The van der Waals surface area contributed by atoms with Crippen LogP contribution in [0.1, 0.15) is 25.3 Å². The van der Waals surface area contributed by atoms with Gasteiger partial charge >= 0.3 is 6.18 Å². The number of anilines is 1. The normalized spacial score (nSPS) is 18.1. The van der Waals surface area contributed by atoms with E-state index in [2.05, 4.69) is 16.9 Å². The highest BCUT2D eigenvalue weighted by Gasteiger charge is 2.32. The van der Waals surface area contributed by atoms with Crippen LogP contribution in [0.25, 0.3) is 11.2 Å². The Hall–Kier alpha value is -1.83. The van der Waals surface area contributed by atoms with Crippen molar-refractivity contribution in [2.75, 3.05) is 25.2 Å². The standard InChI is InChI=1S/C16H21F3N4O/c1-10(11-4-6-24-7-5-11)22(2)15-21-13-8-12(16(17,18)19)9-20-14(13)23(15)3/h8-11H,4-7H2,1-3H3. The van der Waals surface area contributed by atoms with Gasteiger partial charge < -0.3 is 9.64 Å². The van der Waals surface area contributed by atoms with Crippen molar-refractivity contribution in [3.8, 4) is 0 Å². The molecule has 0 N–H and O–H groups in total. The highest BCUT2D eigenvalue weighted by atomic mass is 19.4. The van der Waals surface area contributed by atoms with Crippen LogP contribution in [0.3, 0.4) is 0 Å². The van der Waals surface area contributed by atoms with E-state index < -0.39 is 11.7 Å². The summed E-state index contributed by atoms with van der Waals surface area (Å²) in [6, 6.07) is 1.27. The van der Waals surface area contributed by atoms with Crippen molar-refractivity contribution in [3.05, 3.63) is 17.8 Å². The molecule has 5 nitrogen and oxygen atoms in total. The Balaban J connectivity index is 1.92. The number of rotatable bonds is 3. The van der Waals surface area contributed by atoms with Crippen molar-refractivity contribution in [1.82, 2.24) is 14.5 Å². The summed E-state index contributed by atoms with van der Waals surface area (Å²) < 4.78 is 45.7. The Bertz CT molecular complexity index is 722. The lowest BCUT2D eigenvalue weighted by atomic mass is 9.92. The molecule has 0 amide bonds. The zero-order chi connectivity index (χ0) is 17.5. The molecule has 132 valence electrons. The quantitative estimate of drug-likeness (QED) is 0.859. The number of hydrogen-bond acceptors (Lipinski definition) is 4. The van der Waals surface area contributed by atoms with Crippen molar-refractivity contribution < 1.29 is 17.9 Å². The first-order valence-electron chi connectivity index (χ1n) is 7.99. The molecule has 3 rings (SSSR count). The second-order valence-corrected chi connectivity index (χ2v) is 6.34. The number of fused-ring (bicyclic) bond motifs is 1. The summed E-state index contributed by atoms with van der Waals surface area (Å²) in [6.45, 7) is 3.62. The third-order valence-electron chi connectivity index (χ3n) is 4.89. The van der Waals surface area contributed by atoms with Crippen molar-refractivity contribution in [1.29, 1.82) is 0 Å². The van der Waals surface area contributed by atoms with Crippen LogP contribution in [0.5, 0.6) is 0 Å². The highest BCUT2D eigenvalue weighted by molar-refractivity contribution is 5.75. The van der Waals surface area contributed by atoms with Gasteiger partial charge in [0.25, 0.3) is 0 Å². The number of alkyl halides is 3. The second-order valence-electron chi connectivity index (χ2n) is 6.34. The Labute approximate surface area is 138 Å². The van der Waals surface area contributed by atoms with Gasteiger partial charge in [0.05, 0.1) is 5.56 Å². The van der Waals surface area contributed by atoms with Gasteiger partial charge in [0.1, 0.15) is 5.52 Å². The molecule has 2 aromatic heterocycles. The van der Waals surface area contributed by atoms with Crippen LogP contribution in [-0.2, 0) is 18.0 Å². The van der Waals surface area contributed by atoms with Crippen molar-refractivity contribution in [2.24, 2.45) is 13.0 Å². The first-order valence-corrected chi connectivity index (χ1v) is 7.99. The lowest BCUT2D eigenvalue weighted by Gasteiger charge is -2.34. The fourth-order valence-electron chi connectivity index (χ4n) is 3.23. The second kappa shape index (κ2) is 6.23. The Morgan fingerprint density at radius 3 is 2.62 bits per heavy atom. The van der Waals surface area contributed by atoms with E-state index >= 15 is 0 Å². The van der Waals surface area contributed by atoms with E-state index in [-0.39, 0.29) is 11.6 Å². The van der Waals surface area contributed by atoms with Crippen LogP contribution in [0.2, 0.25) is 0 Å². The zero-order valence-electron chi connectivity index (χ0n) is 14.0. The molecule has 0 spiro atoms. The summed E-state index contributed by atoms with van der Waals surface area (Å²) in [5.41, 5.74) is -0.0721. The van der Waals surface area contributed by atoms with Gasteiger partial charge in [0.15, 0.2) is 5.65 Å². The minimum Gasteiger partial charge on any atom is -0.381 e. The van der Waals surface area contributed by atoms with Gasteiger partial charge in [-0.1, -0.05) is 0 Å². The Morgan fingerprint density at radius 2 is 2.00 bits per heavy atom. The lowest BCUT2D eigenvalue weighted by Crippen LogP contribution is -2.39. The monoisotopic (exact) mass is 342 g/mol. The number of pyridine rings is 1. The Morgan fingerprint density at radius 1 is 1.33 bits per heavy atom. The van der Waals surface area contributed by atoms with E-state index in [1.54, 1.807) is 11.6 Å². The van der Waals surface area contributed by atoms with Crippen LogP contribution >= 0.6 is 0 Å². The van der Waals surface area contributed by atoms with Crippen LogP contribution in [0, 0.1) is 5.92 Å². The molecule has 1 unspecified atom stereocenters.